The minimum absolute atomic E-state index is 0.0936. The van der Waals surface area contributed by atoms with Crippen molar-refractivity contribution in [2.75, 3.05) is 29.6 Å². The van der Waals surface area contributed by atoms with Crippen LogP contribution in [0.3, 0.4) is 0 Å². The van der Waals surface area contributed by atoms with Crippen LogP contribution in [0, 0.1) is 0 Å². The molecule has 0 bridgehead atoms. The van der Waals surface area contributed by atoms with Crippen molar-refractivity contribution in [3.63, 3.8) is 0 Å². The quantitative estimate of drug-likeness (QED) is 0.515. The number of hydrogen-bond acceptors (Lipinski definition) is 6. The van der Waals surface area contributed by atoms with Gasteiger partial charge in [0.1, 0.15) is 0 Å². The van der Waals surface area contributed by atoms with Gasteiger partial charge in [-0.25, -0.2) is 18.2 Å². The molecule has 32 heavy (non-hydrogen) atoms. The highest BCUT2D eigenvalue weighted by Gasteiger charge is 2.35. The summed E-state index contributed by atoms with van der Waals surface area (Å²) in [6.07, 6.45) is 0.103. The van der Waals surface area contributed by atoms with E-state index in [2.05, 4.69) is 32.3 Å². The number of fused-ring (bicyclic) bond motifs is 1. The van der Waals surface area contributed by atoms with Crippen LogP contribution in [0.25, 0.3) is 11.0 Å². The van der Waals surface area contributed by atoms with Gasteiger partial charge >= 0.3 is 6.09 Å². The number of aromatic nitrogens is 2. The Morgan fingerprint density at radius 1 is 1.12 bits per heavy atom. The fourth-order valence-corrected chi connectivity index (χ4v) is 6.53. The Balaban J connectivity index is 1.45. The van der Waals surface area contributed by atoms with Crippen molar-refractivity contribution in [1.82, 2.24) is 14.3 Å². The number of rotatable bonds is 5. The second-order valence-electron chi connectivity index (χ2n) is 7.99. The maximum Gasteiger partial charge on any atom is 0.411 e. The fourth-order valence-electron chi connectivity index (χ4n) is 4.24. The van der Waals surface area contributed by atoms with Crippen molar-refractivity contribution in [1.29, 1.82) is 0 Å². The van der Waals surface area contributed by atoms with Gasteiger partial charge in [-0.3, -0.25) is 5.32 Å². The molecule has 1 amide bonds. The van der Waals surface area contributed by atoms with Gasteiger partial charge in [0.25, 0.3) is 0 Å². The number of benzene rings is 2. The Morgan fingerprint density at radius 2 is 1.75 bits per heavy atom. The molecule has 3 N–H and O–H groups in total. The zero-order valence-corrected chi connectivity index (χ0v) is 19.6. The summed E-state index contributed by atoms with van der Waals surface area (Å²) >= 11 is 1.59. The lowest BCUT2D eigenvalue weighted by Gasteiger charge is -2.43. The van der Waals surface area contributed by atoms with Crippen molar-refractivity contribution < 1.29 is 18.3 Å². The molecular weight excluding hydrogens is 450 g/mol. The second-order valence-corrected chi connectivity index (χ2v) is 11.0. The topological polar surface area (TPSA) is 119 Å². The number of aromatic amines is 1. The first-order valence-corrected chi connectivity index (χ1v) is 12.8. The van der Waals surface area contributed by atoms with Gasteiger partial charge < -0.3 is 15.0 Å². The lowest BCUT2D eigenvalue weighted by molar-refractivity contribution is 0.209. The Hall–Kier alpha value is -2.76. The Kier molecular flexibility index (Phi) is 6.06. The predicted molar refractivity (Wildman–Crippen MR) is 126 cm³/mol. The molecule has 1 aromatic heterocycles. The standard InChI is InChI=1S/C21H25N5O4S2/c1-13-11-25(12-14(2)26(13)32(3,29)30)15-4-6-16(7-5-15)31-17-8-9-18-19(10-17)23-20(22-18)24-21(27)28/h4-10,13-14H,11-12H2,1-3H3,(H,27,28)(H2,22,23,24). The van der Waals surface area contributed by atoms with E-state index < -0.39 is 16.1 Å². The van der Waals surface area contributed by atoms with E-state index in [0.29, 0.717) is 18.6 Å². The van der Waals surface area contributed by atoms with E-state index in [1.807, 2.05) is 44.2 Å². The SMILES string of the molecule is CC1CN(c2ccc(Sc3ccc4[nH]c(NC(=O)O)nc4c3)cc2)CC(C)N1S(C)(=O)=O. The van der Waals surface area contributed by atoms with Crippen molar-refractivity contribution in [2.45, 2.75) is 35.7 Å². The monoisotopic (exact) mass is 475 g/mol. The van der Waals surface area contributed by atoms with Gasteiger partial charge in [-0.15, -0.1) is 0 Å². The summed E-state index contributed by atoms with van der Waals surface area (Å²) in [6, 6.07) is 13.8. The summed E-state index contributed by atoms with van der Waals surface area (Å²) in [5.41, 5.74) is 2.50. The lowest BCUT2D eigenvalue weighted by atomic mass is 10.1. The molecule has 1 aliphatic rings. The molecule has 2 aromatic carbocycles. The number of anilines is 2. The molecule has 0 saturated carbocycles. The molecule has 11 heteroatoms. The summed E-state index contributed by atoms with van der Waals surface area (Å²) < 4.78 is 25.7. The number of carboxylic acid groups (broad SMARTS) is 1. The van der Waals surface area contributed by atoms with Crippen LogP contribution >= 0.6 is 11.8 Å². The molecule has 4 rings (SSSR count). The lowest BCUT2D eigenvalue weighted by Crippen LogP contribution is -2.58. The van der Waals surface area contributed by atoms with E-state index in [-0.39, 0.29) is 18.0 Å². The molecule has 1 fully saturated rings. The number of nitrogens with one attached hydrogen (secondary N) is 2. The highest BCUT2D eigenvalue weighted by Crippen LogP contribution is 2.32. The van der Waals surface area contributed by atoms with Crippen LogP contribution in [0.4, 0.5) is 16.4 Å². The van der Waals surface area contributed by atoms with Crippen molar-refractivity contribution in [3.05, 3.63) is 42.5 Å². The molecule has 9 nitrogen and oxygen atoms in total. The first kappa shape index (κ1) is 22.4. The van der Waals surface area contributed by atoms with Crippen LogP contribution in [0.1, 0.15) is 13.8 Å². The number of nitrogens with zero attached hydrogens (tertiary/aromatic N) is 3. The smallest absolute Gasteiger partial charge is 0.411 e. The summed E-state index contributed by atoms with van der Waals surface area (Å²) in [5.74, 6) is 0.193. The number of carbonyl (C=O) groups is 1. The normalized spacial score (nSPS) is 19.9. The van der Waals surface area contributed by atoms with Crippen LogP contribution < -0.4 is 10.2 Å². The highest BCUT2D eigenvalue weighted by atomic mass is 32.2. The molecule has 2 atom stereocenters. The number of H-pyrrole nitrogens is 1. The van der Waals surface area contributed by atoms with Crippen LogP contribution in [0.5, 0.6) is 0 Å². The summed E-state index contributed by atoms with van der Waals surface area (Å²) in [4.78, 5) is 22.2. The van der Waals surface area contributed by atoms with E-state index in [9.17, 15) is 13.2 Å². The molecule has 2 heterocycles. The van der Waals surface area contributed by atoms with Crippen LogP contribution in [0.2, 0.25) is 0 Å². The number of piperazine rings is 1. The summed E-state index contributed by atoms with van der Waals surface area (Å²) in [6.45, 7) is 5.17. The number of sulfonamides is 1. The minimum atomic E-state index is -3.23. The van der Waals surface area contributed by atoms with Gasteiger partial charge in [0.15, 0.2) is 0 Å². The molecular formula is C21H25N5O4S2. The third kappa shape index (κ3) is 4.84. The van der Waals surface area contributed by atoms with E-state index in [1.54, 1.807) is 16.1 Å². The maximum absolute atomic E-state index is 12.1. The van der Waals surface area contributed by atoms with Gasteiger partial charge in [0, 0.05) is 40.7 Å². The van der Waals surface area contributed by atoms with Gasteiger partial charge in [-0.05, 0) is 56.3 Å². The maximum atomic E-state index is 12.1. The van der Waals surface area contributed by atoms with Crippen LogP contribution in [-0.4, -0.2) is 65.3 Å². The average Bonchev–Trinajstić information content (AvgIpc) is 3.07. The molecule has 1 saturated heterocycles. The first-order chi connectivity index (χ1) is 15.1. The Bertz CT molecular complexity index is 1230. The van der Waals surface area contributed by atoms with Gasteiger partial charge in [0.05, 0.1) is 17.3 Å². The Morgan fingerprint density at radius 3 is 2.34 bits per heavy atom. The van der Waals surface area contributed by atoms with Crippen LogP contribution in [0.15, 0.2) is 52.3 Å². The highest BCUT2D eigenvalue weighted by molar-refractivity contribution is 7.99. The van der Waals surface area contributed by atoms with Gasteiger partial charge in [-0.1, -0.05) is 11.8 Å². The molecule has 3 aromatic rings. The summed E-state index contributed by atoms with van der Waals surface area (Å²) in [5, 5.41) is 11.0. The average molecular weight is 476 g/mol. The third-order valence-electron chi connectivity index (χ3n) is 5.34. The summed E-state index contributed by atoms with van der Waals surface area (Å²) in [7, 11) is -3.23. The largest absolute Gasteiger partial charge is 0.465 e. The predicted octanol–water partition coefficient (Wildman–Crippen LogP) is 3.66. The fraction of sp³-hybridized carbons (Fsp3) is 0.333. The van der Waals surface area contributed by atoms with E-state index >= 15 is 0 Å². The number of hydrogen-bond donors (Lipinski definition) is 3. The zero-order chi connectivity index (χ0) is 23.0. The Labute approximate surface area is 190 Å². The minimum Gasteiger partial charge on any atom is -0.465 e. The molecule has 2 unspecified atom stereocenters. The van der Waals surface area contributed by atoms with Gasteiger partial charge in [-0.2, -0.15) is 4.31 Å². The second kappa shape index (κ2) is 8.64. The molecule has 1 aliphatic heterocycles. The van der Waals surface area contributed by atoms with Crippen LogP contribution in [-0.2, 0) is 10.0 Å². The van der Waals surface area contributed by atoms with Crippen molar-refractivity contribution in [2.24, 2.45) is 0 Å². The molecule has 0 spiro atoms. The van der Waals surface area contributed by atoms with Crippen molar-refractivity contribution in [3.8, 4) is 0 Å². The molecule has 170 valence electrons. The van der Waals surface area contributed by atoms with Gasteiger partial charge in [0.2, 0.25) is 16.0 Å². The third-order valence-corrected chi connectivity index (χ3v) is 7.82. The first-order valence-electron chi connectivity index (χ1n) is 10.1. The van der Waals surface area contributed by atoms with E-state index in [0.717, 1.165) is 21.0 Å². The van der Waals surface area contributed by atoms with E-state index in [1.165, 1.54) is 6.26 Å². The zero-order valence-electron chi connectivity index (χ0n) is 17.9. The molecule has 0 radical (unpaired) electrons. The number of imidazole rings is 1. The van der Waals surface area contributed by atoms with E-state index in [4.69, 9.17) is 5.11 Å². The molecule has 0 aliphatic carbocycles. The van der Waals surface area contributed by atoms with Crippen molar-refractivity contribution >= 4 is 50.5 Å². The number of amides is 1.